The lowest BCUT2D eigenvalue weighted by Gasteiger charge is -2.14. The molecule has 1 rings (SSSR count). The van der Waals surface area contributed by atoms with Crippen molar-refractivity contribution in [1.82, 2.24) is 5.32 Å². The van der Waals surface area contributed by atoms with E-state index in [-0.39, 0.29) is 17.3 Å². The van der Waals surface area contributed by atoms with Gasteiger partial charge >= 0.3 is 0 Å². The molecule has 0 bridgehead atoms. The molecule has 0 spiro atoms. The van der Waals surface area contributed by atoms with Crippen LogP contribution in [0.25, 0.3) is 0 Å². The van der Waals surface area contributed by atoms with Gasteiger partial charge in [0.25, 0.3) is 5.91 Å². The summed E-state index contributed by atoms with van der Waals surface area (Å²) in [6, 6.07) is 1.76. The van der Waals surface area contributed by atoms with Crippen LogP contribution in [0.3, 0.4) is 0 Å². The highest BCUT2D eigenvalue weighted by Gasteiger charge is 2.15. The summed E-state index contributed by atoms with van der Waals surface area (Å²) in [6.45, 7) is 4.49. The Morgan fingerprint density at radius 1 is 1.37 bits per heavy atom. The second-order valence-corrected chi connectivity index (χ2v) is 4.10. The predicted octanol–water partition coefficient (Wildman–Crippen LogP) is 2.16. The number of amides is 1. The molecule has 0 heterocycles. The Balaban J connectivity index is 2.78. The van der Waals surface area contributed by atoms with E-state index < -0.39 is 17.5 Å². The zero-order valence-corrected chi connectivity index (χ0v) is 11.2. The fraction of sp³-hybridized carbons (Fsp3) is 0.462. The van der Waals surface area contributed by atoms with E-state index in [0.29, 0.717) is 13.2 Å². The number of hydrogen-bond acceptors (Lipinski definition) is 3. The van der Waals surface area contributed by atoms with Gasteiger partial charge in [0.05, 0.1) is 6.61 Å². The zero-order chi connectivity index (χ0) is 14.4. The molecule has 1 unspecified atom stereocenters. The summed E-state index contributed by atoms with van der Waals surface area (Å²) in [6.07, 6.45) is 0. The van der Waals surface area contributed by atoms with Crippen molar-refractivity contribution in [2.24, 2.45) is 0 Å². The van der Waals surface area contributed by atoms with E-state index in [2.05, 4.69) is 10.6 Å². The molecule has 0 aliphatic carbocycles. The molecule has 1 aromatic rings. The second-order valence-electron chi connectivity index (χ2n) is 4.10. The molecule has 2 N–H and O–H groups in total. The van der Waals surface area contributed by atoms with Crippen LogP contribution in [0.15, 0.2) is 12.1 Å². The van der Waals surface area contributed by atoms with Crippen LogP contribution in [0.4, 0.5) is 14.5 Å². The molecule has 0 aromatic heterocycles. The van der Waals surface area contributed by atoms with Crippen LogP contribution < -0.4 is 10.6 Å². The maximum absolute atomic E-state index is 13.5. The smallest absolute Gasteiger partial charge is 0.251 e. The number of rotatable bonds is 6. The molecule has 0 saturated carbocycles. The van der Waals surface area contributed by atoms with Crippen LogP contribution in [0, 0.1) is 11.6 Å². The normalized spacial score (nSPS) is 12.1. The molecular weight excluding hydrogens is 254 g/mol. The molecule has 0 aliphatic heterocycles. The van der Waals surface area contributed by atoms with Gasteiger partial charge in [0.15, 0.2) is 0 Å². The van der Waals surface area contributed by atoms with Gasteiger partial charge in [-0.1, -0.05) is 0 Å². The fourth-order valence-corrected chi connectivity index (χ4v) is 1.59. The molecule has 0 saturated heterocycles. The molecule has 106 valence electrons. The maximum atomic E-state index is 13.5. The lowest BCUT2D eigenvalue weighted by atomic mass is 10.1. The average molecular weight is 272 g/mol. The highest BCUT2D eigenvalue weighted by atomic mass is 19.1. The van der Waals surface area contributed by atoms with Gasteiger partial charge in [-0.15, -0.1) is 0 Å². The quantitative estimate of drug-likeness (QED) is 0.834. The number of anilines is 1. The Kier molecular flexibility index (Phi) is 5.69. The van der Waals surface area contributed by atoms with Crippen molar-refractivity contribution in [3.63, 3.8) is 0 Å². The van der Waals surface area contributed by atoms with Crippen LogP contribution in [-0.2, 0) is 4.74 Å². The third kappa shape index (κ3) is 4.17. The number of carbonyl (C=O) groups is 1. The second kappa shape index (κ2) is 7.04. The van der Waals surface area contributed by atoms with E-state index in [0.717, 1.165) is 12.1 Å². The molecule has 1 atom stereocenters. The van der Waals surface area contributed by atoms with Gasteiger partial charge in [0, 0.05) is 25.3 Å². The zero-order valence-electron chi connectivity index (χ0n) is 11.2. The van der Waals surface area contributed by atoms with Gasteiger partial charge in [0.2, 0.25) is 0 Å². The molecule has 6 heteroatoms. The van der Waals surface area contributed by atoms with Crippen LogP contribution in [0.2, 0.25) is 0 Å². The number of hydrogen-bond donors (Lipinski definition) is 2. The minimum absolute atomic E-state index is 0.0580. The van der Waals surface area contributed by atoms with Crippen molar-refractivity contribution in [1.29, 1.82) is 0 Å². The third-order valence-electron chi connectivity index (χ3n) is 2.50. The first-order valence-electron chi connectivity index (χ1n) is 6.05. The molecule has 19 heavy (non-hydrogen) atoms. The summed E-state index contributed by atoms with van der Waals surface area (Å²) in [5.74, 6) is -2.14. The molecule has 0 aliphatic rings. The summed E-state index contributed by atoms with van der Waals surface area (Å²) < 4.78 is 32.2. The largest absolute Gasteiger partial charge is 0.383 e. The van der Waals surface area contributed by atoms with Gasteiger partial charge in [-0.2, -0.15) is 0 Å². The highest BCUT2D eigenvalue weighted by molar-refractivity contribution is 5.94. The number of carbonyl (C=O) groups excluding carboxylic acids is 1. The van der Waals surface area contributed by atoms with E-state index in [1.807, 2.05) is 6.92 Å². The van der Waals surface area contributed by atoms with Crippen LogP contribution in [-0.4, -0.2) is 32.2 Å². The first-order valence-corrected chi connectivity index (χ1v) is 6.05. The molecule has 0 fully saturated rings. The predicted molar refractivity (Wildman–Crippen MR) is 69.3 cm³/mol. The number of nitrogens with one attached hydrogen (secondary N) is 2. The van der Waals surface area contributed by atoms with Crippen molar-refractivity contribution in [3.8, 4) is 0 Å². The molecular formula is C13H18F2N2O2. The van der Waals surface area contributed by atoms with E-state index in [1.54, 1.807) is 6.92 Å². The summed E-state index contributed by atoms with van der Waals surface area (Å²) in [5.41, 5.74) is -0.309. The first kappa shape index (κ1) is 15.4. The first-order chi connectivity index (χ1) is 8.99. The Hall–Kier alpha value is -1.69. The number of benzene rings is 1. The van der Waals surface area contributed by atoms with Crippen molar-refractivity contribution in [3.05, 3.63) is 29.3 Å². The summed E-state index contributed by atoms with van der Waals surface area (Å²) >= 11 is 0. The van der Waals surface area contributed by atoms with Crippen LogP contribution in [0.5, 0.6) is 0 Å². The van der Waals surface area contributed by atoms with Crippen molar-refractivity contribution >= 4 is 11.6 Å². The van der Waals surface area contributed by atoms with Gasteiger partial charge in [0.1, 0.15) is 17.3 Å². The lowest BCUT2D eigenvalue weighted by Crippen LogP contribution is -2.36. The molecule has 1 aromatic carbocycles. The van der Waals surface area contributed by atoms with Gasteiger partial charge in [-0.05, 0) is 26.0 Å². The average Bonchev–Trinajstić information content (AvgIpc) is 2.35. The van der Waals surface area contributed by atoms with Gasteiger partial charge < -0.3 is 15.4 Å². The SMILES string of the molecule is CCOCC(C)NC(=O)c1cc(F)c(NC)c(F)c1. The monoisotopic (exact) mass is 272 g/mol. The molecule has 1 amide bonds. The molecule has 0 radical (unpaired) electrons. The topological polar surface area (TPSA) is 50.4 Å². The number of ether oxygens (including phenoxy) is 1. The van der Waals surface area contributed by atoms with Crippen LogP contribution in [0.1, 0.15) is 24.2 Å². The minimum atomic E-state index is -0.801. The van der Waals surface area contributed by atoms with Gasteiger partial charge in [-0.25, -0.2) is 8.78 Å². The fourth-order valence-electron chi connectivity index (χ4n) is 1.59. The standard InChI is InChI=1S/C13H18F2N2O2/c1-4-19-7-8(2)17-13(18)9-5-10(14)12(16-3)11(15)6-9/h5-6,8,16H,4,7H2,1-3H3,(H,17,18). The van der Waals surface area contributed by atoms with Crippen molar-refractivity contribution in [2.75, 3.05) is 25.6 Å². The highest BCUT2D eigenvalue weighted by Crippen LogP contribution is 2.20. The maximum Gasteiger partial charge on any atom is 0.251 e. The molecule has 4 nitrogen and oxygen atoms in total. The lowest BCUT2D eigenvalue weighted by molar-refractivity contribution is 0.0871. The number of halogens is 2. The van der Waals surface area contributed by atoms with E-state index >= 15 is 0 Å². The third-order valence-corrected chi connectivity index (χ3v) is 2.50. The Morgan fingerprint density at radius 2 is 1.95 bits per heavy atom. The Bertz CT molecular complexity index is 429. The summed E-state index contributed by atoms with van der Waals surface area (Å²) in [4.78, 5) is 11.8. The minimum Gasteiger partial charge on any atom is -0.383 e. The van der Waals surface area contributed by atoms with Crippen molar-refractivity contribution < 1.29 is 18.3 Å². The van der Waals surface area contributed by atoms with E-state index in [1.165, 1.54) is 7.05 Å². The van der Waals surface area contributed by atoms with Crippen LogP contribution >= 0.6 is 0 Å². The Morgan fingerprint density at radius 3 is 2.42 bits per heavy atom. The van der Waals surface area contributed by atoms with Crippen molar-refractivity contribution in [2.45, 2.75) is 19.9 Å². The summed E-state index contributed by atoms with van der Waals surface area (Å²) in [7, 11) is 1.41. The van der Waals surface area contributed by atoms with E-state index in [4.69, 9.17) is 4.74 Å². The summed E-state index contributed by atoms with van der Waals surface area (Å²) in [5, 5.41) is 5.00. The van der Waals surface area contributed by atoms with Gasteiger partial charge in [-0.3, -0.25) is 4.79 Å². The Labute approximate surface area is 111 Å². The van der Waals surface area contributed by atoms with E-state index in [9.17, 15) is 13.6 Å².